The molecule has 17 heavy (non-hydrogen) atoms. The van der Waals surface area contributed by atoms with Gasteiger partial charge in [0.05, 0.1) is 0 Å². The van der Waals surface area contributed by atoms with Crippen molar-refractivity contribution in [2.75, 3.05) is 6.54 Å². The Hall–Kier alpha value is -2.36. The normalized spacial score (nSPS) is 9.88. The Morgan fingerprint density at radius 2 is 2.18 bits per heavy atom. The maximum Gasteiger partial charge on any atom is 0.257 e. The first-order valence-corrected chi connectivity index (χ1v) is 5.22. The zero-order valence-corrected chi connectivity index (χ0v) is 9.22. The van der Waals surface area contributed by atoms with Gasteiger partial charge in [-0.15, -0.1) is 6.58 Å². The monoisotopic (exact) mass is 228 g/mol. The van der Waals surface area contributed by atoms with Gasteiger partial charge < -0.3 is 9.84 Å². The van der Waals surface area contributed by atoms with Crippen LogP contribution in [0.25, 0.3) is 11.3 Å². The summed E-state index contributed by atoms with van der Waals surface area (Å²) in [6.45, 7) is 3.96. The molecule has 0 atom stereocenters. The lowest BCUT2D eigenvalue weighted by molar-refractivity contribution is 0.0958. The molecule has 0 fully saturated rings. The maximum absolute atomic E-state index is 11.8. The van der Waals surface area contributed by atoms with Gasteiger partial charge in [0.25, 0.3) is 5.91 Å². The van der Waals surface area contributed by atoms with Crippen molar-refractivity contribution >= 4 is 5.91 Å². The average molecular weight is 228 g/mol. The third-order valence-corrected chi connectivity index (χ3v) is 2.27. The van der Waals surface area contributed by atoms with E-state index in [-0.39, 0.29) is 5.91 Å². The van der Waals surface area contributed by atoms with E-state index in [0.717, 1.165) is 5.56 Å². The number of carbonyl (C=O) groups excluding carboxylic acids is 1. The zero-order chi connectivity index (χ0) is 12.1. The molecule has 0 aliphatic rings. The van der Waals surface area contributed by atoms with E-state index < -0.39 is 0 Å². The molecule has 0 unspecified atom stereocenters. The van der Waals surface area contributed by atoms with Gasteiger partial charge in [0.2, 0.25) is 0 Å². The molecular formula is C13H12N2O2. The lowest BCUT2D eigenvalue weighted by Gasteiger charge is -2.01. The van der Waals surface area contributed by atoms with Crippen molar-refractivity contribution in [3.63, 3.8) is 0 Å². The SMILES string of the molecule is C=CCNC(=O)c1conc1-c1ccccc1. The standard InChI is InChI=1S/C13H12N2O2/c1-2-8-14-13(16)11-9-17-15-12(11)10-6-4-3-5-7-10/h2-7,9H,1,8H2,(H,14,16). The number of hydrogen-bond donors (Lipinski definition) is 1. The second kappa shape index (κ2) is 5.12. The van der Waals surface area contributed by atoms with Crippen molar-refractivity contribution < 1.29 is 9.32 Å². The van der Waals surface area contributed by atoms with E-state index in [9.17, 15) is 4.79 Å². The van der Waals surface area contributed by atoms with Crippen LogP contribution in [0.3, 0.4) is 0 Å². The molecule has 1 N–H and O–H groups in total. The Balaban J connectivity index is 2.29. The Morgan fingerprint density at radius 1 is 1.41 bits per heavy atom. The second-order valence-corrected chi connectivity index (χ2v) is 3.44. The third kappa shape index (κ3) is 2.42. The van der Waals surface area contributed by atoms with Gasteiger partial charge in [-0.1, -0.05) is 41.6 Å². The molecular weight excluding hydrogens is 216 g/mol. The number of rotatable bonds is 4. The van der Waals surface area contributed by atoms with Crippen LogP contribution in [0.4, 0.5) is 0 Å². The highest BCUT2D eigenvalue weighted by atomic mass is 16.5. The van der Waals surface area contributed by atoms with E-state index in [2.05, 4.69) is 17.1 Å². The molecule has 4 nitrogen and oxygen atoms in total. The Morgan fingerprint density at radius 3 is 2.88 bits per heavy atom. The predicted molar refractivity (Wildman–Crippen MR) is 64.5 cm³/mol. The lowest BCUT2D eigenvalue weighted by atomic mass is 10.1. The lowest BCUT2D eigenvalue weighted by Crippen LogP contribution is -2.23. The highest BCUT2D eigenvalue weighted by Gasteiger charge is 2.16. The van der Waals surface area contributed by atoms with Crippen LogP contribution in [0, 0.1) is 0 Å². The van der Waals surface area contributed by atoms with E-state index in [1.54, 1.807) is 6.08 Å². The van der Waals surface area contributed by atoms with Gasteiger partial charge in [0, 0.05) is 12.1 Å². The minimum Gasteiger partial charge on any atom is -0.363 e. The van der Waals surface area contributed by atoms with Crippen LogP contribution >= 0.6 is 0 Å². The molecule has 0 saturated carbocycles. The summed E-state index contributed by atoms with van der Waals surface area (Å²) in [4.78, 5) is 11.8. The first-order valence-electron chi connectivity index (χ1n) is 5.22. The van der Waals surface area contributed by atoms with Crippen molar-refractivity contribution in [3.05, 3.63) is 54.8 Å². The topological polar surface area (TPSA) is 55.1 Å². The van der Waals surface area contributed by atoms with Crippen LogP contribution in [0.2, 0.25) is 0 Å². The number of benzene rings is 1. The maximum atomic E-state index is 11.8. The summed E-state index contributed by atoms with van der Waals surface area (Å²) >= 11 is 0. The number of nitrogens with one attached hydrogen (secondary N) is 1. The van der Waals surface area contributed by atoms with Gasteiger partial charge in [0.15, 0.2) is 0 Å². The molecule has 1 aromatic carbocycles. The smallest absolute Gasteiger partial charge is 0.257 e. The van der Waals surface area contributed by atoms with Crippen LogP contribution in [-0.2, 0) is 0 Å². The quantitative estimate of drug-likeness (QED) is 0.816. The minimum atomic E-state index is -0.218. The molecule has 0 spiro atoms. The summed E-state index contributed by atoms with van der Waals surface area (Å²) < 4.78 is 4.86. The molecule has 1 amide bonds. The van der Waals surface area contributed by atoms with Crippen molar-refractivity contribution in [2.24, 2.45) is 0 Å². The average Bonchev–Trinajstić information content (AvgIpc) is 2.86. The summed E-state index contributed by atoms with van der Waals surface area (Å²) in [5, 5.41) is 6.54. The summed E-state index contributed by atoms with van der Waals surface area (Å²) in [6.07, 6.45) is 2.97. The van der Waals surface area contributed by atoms with Gasteiger partial charge in [-0.2, -0.15) is 0 Å². The Labute approximate surface area is 98.9 Å². The highest BCUT2D eigenvalue weighted by Crippen LogP contribution is 2.21. The summed E-state index contributed by atoms with van der Waals surface area (Å²) in [7, 11) is 0. The Kier molecular flexibility index (Phi) is 3.35. The fourth-order valence-electron chi connectivity index (χ4n) is 1.46. The molecule has 0 saturated heterocycles. The van der Waals surface area contributed by atoms with E-state index in [4.69, 9.17) is 4.52 Å². The molecule has 1 aromatic heterocycles. The van der Waals surface area contributed by atoms with Crippen molar-refractivity contribution in [1.29, 1.82) is 0 Å². The first-order chi connectivity index (χ1) is 8.33. The second-order valence-electron chi connectivity index (χ2n) is 3.44. The first kappa shape index (κ1) is 11.1. The Bertz CT molecular complexity index is 517. The van der Waals surface area contributed by atoms with Crippen molar-refractivity contribution in [3.8, 4) is 11.3 Å². The molecule has 1 heterocycles. The van der Waals surface area contributed by atoms with Crippen LogP contribution in [0.1, 0.15) is 10.4 Å². The van der Waals surface area contributed by atoms with Crippen LogP contribution in [0.15, 0.2) is 53.8 Å². The third-order valence-electron chi connectivity index (χ3n) is 2.27. The molecule has 0 bridgehead atoms. The number of amides is 1. The van der Waals surface area contributed by atoms with E-state index in [1.165, 1.54) is 6.26 Å². The number of aromatic nitrogens is 1. The number of hydrogen-bond acceptors (Lipinski definition) is 3. The van der Waals surface area contributed by atoms with E-state index >= 15 is 0 Å². The number of carbonyl (C=O) groups is 1. The van der Waals surface area contributed by atoms with Gasteiger partial charge >= 0.3 is 0 Å². The molecule has 2 aromatic rings. The summed E-state index contributed by atoms with van der Waals surface area (Å²) in [6, 6.07) is 9.43. The van der Waals surface area contributed by atoms with Crippen molar-refractivity contribution in [1.82, 2.24) is 10.5 Å². The molecule has 0 aliphatic carbocycles. The van der Waals surface area contributed by atoms with Gasteiger partial charge in [0.1, 0.15) is 17.5 Å². The summed E-state index contributed by atoms with van der Waals surface area (Å²) in [5.74, 6) is -0.218. The fraction of sp³-hybridized carbons (Fsp3) is 0.0769. The molecule has 2 rings (SSSR count). The van der Waals surface area contributed by atoms with Crippen LogP contribution < -0.4 is 5.32 Å². The zero-order valence-electron chi connectivity index (χ0n) is 9.22. The fourth-order valence-corrected chi connectivity index (χ4v) is 1.46. The highest BCUT2D eigenvalue weighted by molar-refractivity contribution is 5.99. The molecule has 0 aliphatic heterocycles. The summed E-state index contributed by atoms with van der Waals surface area (Å²) in [5.41, 5.74) is 1.83. The van der Waals surface area contributed by atoms with E-state index in [0.29, 0.717) is 17.8 Å². The molecule has 86 valence electrons. The van der Waals surface area contributed by atoms with Gasteiger partial charge in [-0.05, 0) is 0 Å². The van der Waals surface area contributed by atoms with Crippen LogP contribution in [0.5, 0.6) is 0 Å². The molecule has 4 heteroatoms. The van der Waals surface area contributed by atoms with Crippen LogP contribution in [-0.4, -0.2) is 17.6 Å². The van der Waals surface area contributed by atoms with Crippen molar-refractivity contribution in [2.45, 2.75) is 0 Å². The minimum absolute atomic E-state index is 0.218. The predicted octanol–water partition coefficient (Wildman–Crippen LogP) is 2.26. The number of nitrogens with zero attached hydrogens (tertiary/aromatic N) is 1. The van der Waals surface area contributed by atoms with Gasteiger partial charge in [-0.25, -0.2) is 0 Å². The van der Waals surface area contributed by atoms with E-state index in [1.807, 2.05) is 30.3 Å². The largest absolute Gasteiger partial charge is 0.363 e. The van der Waals surface area contributed by atoms with Gasteiger partial charge in [-0.3, -0.25) is 4.79 Å². The molecule has 0 radical (unpaired) electrons.